The Morgan fingerprint density at radius 2 is 1.72 bits per heavy atom. The number of aromatic nitrogens is 2. The third-order valence-electron chi connectivity index (χ3n) is 5.94. The highest BCUT2D eigenvalue weighted by Crippen LogP contribution is 2.39. The fourth-order valence-corrected chi connectivity index (χ4v) is 9.60. The van der Waals surface area contributed by atoms with Crippen molar-refractivity contribution < 1.29 is 12.8 Å². The first kappa shape index (κ1) is 26.6. The molecular formula is C27H32FN3O2S2Si. The van der Waals surface area contributed by atoms with E-state index < -0.39 is 18.1 Å². The minimum absolute atomic E-state index is 0.113. The largest absolute Gasteiger partial charge is 0.233 e. The molecule has 0 bridgehead atoms. The molecule has 0 amide bonds. The number of fused-ring (bicyclic) bond motifs is 1. The second-order valence-corrected chi connectivity index (χ2v) is 18.9. The second-order valence-electron chi connectivity index (χ2n) is 10.2. The van der Waals surface area contributed by atoms with Gasteiger partial charge in [-0.25, -0.2) is 22.2 Å². The van der Waals surface area contributed by atoms with Crippen molar-refractivity contribution in [2.75, 3.05) is 5.75 Å². The van der Waals surface area contributed by atoms with E-state index in [1.807, 2.05) is 49.4 Å². The number of hydrogen-bond acceptors (Lipinski definition) is 4. The third kappa shape index (κ3) is 6.85. The van der Waals surface area contributed by atoms with Gasteiger partial charge in [-0.15, -0.1) is 11.8 Å². The van der Waals surface area contributed by atoms with Crippen molar-refractivity contribution in [3.63, 3.8) is 0 Å². The molecule has 2 atom stereocenters. The van der Waals surface area contributed by atoms with Gasteiger partial charge in [0.05, 0.1) is 28.4 Å². The van der Waals surface area contributed by atoms with E-state index in [0.29, 0.717) is 0 Å². The average Bonchev–Trinajstić information content (AvgIpc) is 3.25. The molecule has 1 N–H and O–H groups in total. The Bertz CT molecular complexity index is 1420. The van der Waals surface area contributed by atoms with Crippen LogP contribution < -0.4 is 4.72 Å². The lowest BCUT2D eigenvalue weighted by atomic mass is 10.1. The topological polar surface area (TPSA) is 64.0 Å². The highest BCUT2D eigenvalue weighted by Gasteiger charge is 2.26. The van der Waals surface area contributed by atoms with Gasteiger partial charge in [-0.3, -0.25) is 0 Å². The predicted molar refractivity (Wildman–Crippen MR) is 151 cm³/mol. The van der Waals surface area contributed by atoms with Gasteiger partial charge in [-0.1, -0.05) is 50.0 Å². The van der Waals surface area contributed by atoms with Gasteiger partial charge >= 0.3 is 0 Å². The van der Waals surface area contributed by atoms with Gasteiger partial charge in [0.15, 0.2) is 0 Å². The molecule has 0 radical (unpaired) electrons. The predicted octanol–water partition coefficient (Wildman–Crippen LogP) is 6.64. The Hall–Kier alpha value is -2.46. The molecule has 5 nitrogen and oxygen atoms in total. The monoisotopic (exact) mass is 541 g/mol. The van der Waals surface area contributed by atoms with E-state index in [1.54, 1.807) is 34.8 Å². The Morgan fingerprint density at radius 3 is 2.39 bits per heavy atom. The molecule has 0 spiro atoms. The van der Waals surface area contributed by atoms with Gasteiger partial charge in [0.25, 0.3) is 0 Å². The molecule has 0 saturated carbocycles. The van der Waals surface area contributed by atoms with Crippen LogP contribution >= 0.6 is 11.8 Å². The van der Waals surface area contributed by atoms with E-state index in [4.69, 9.17) is 0 Å². The van der Waals surface area contributed by atoms with Gasteiger partial charge in [-0.2, -0.15) is 5.10 Å². The first-order valence-electron chi connectivity index (χ1n) is 12.0. The fraction of sp³-hybridized carbons (Fsp3) is 0.296. The van der Waals surface area contributed by atoms with Gasteiger partial charge in [-0.05, 0) is 61.0 Å². The zero-order valence-corrected chi connectivity index (χ0v) is 23.6. The summed E-state index contributed by atoms with van der Waals surface area (Å²) in [7, 11) is -4.87. The fourth-order valence-electron chi connectivity index (χ4n) is 3.96. The van der Waals surface area contributed by atoms with E-state index in [2.05, 4.69) is 35.5 Å². The van der Waals surface area contributed by atoms with Crippen LogP contribution in [0.25, 0.3) is 16.6 Å². The van der Waals surface area contributed by atoms with Crippen LogP contribution in [0.2, 0.25) is 25.7 Å². The number of rotatable bonds is 10. The summed E-state index contributed by atoms with van der Waals surface area (Å²) in [6, 6.07) is 22.7. The normalized spacial score (nSPS) is 14.1. The summed E-state index contributed by atoms with van der Waals surface area (Å²) < 4.78 is 43.8. The maximum absolute atomic E-state index is 13.3. The molecule has 0 fully saturated rings. The maximum Gasteiger partial charge on any atom is 0.211 e. The van der Waals surface area contributed by atoms with Gasteiger partial charge in [0.2, 0.25) is 10.0 Å². The van der Waals surface area contributed by atoms with Crippen LogP contribution in [0, 0.1) is 5.82 Å². The van der Waals surface area contributed by atoms with Crippen LogP contribution in [-0.4, -0.2) is 38.1 Å². The first-order chi connectivity index (χ1) is 17.0. The molecule has 3 aromatic carbocycles. The lowest BCUT2D eigenvalue weighted by Gasteiger charge is -2.26. The number of halogens is 1. The molecule has 0 aliphatic heterocycles. The van der Waals surface area contributed by atoms with Crippen LogP contribution in [-0.2, 0) is 10.0 Å². The van der Waals surface area contributed by atoms with E-state index >= 15 is 0 Å². The van der Waals surface area contributed by atoms with Crippen LogP contribution in [0.5, 0.6) is 0 Å². The Morgan fingerprint density at radius 1 is 1.03 bits per heavy atom. The third-order valence-corrected chi connectivity index (χ3v) is 11.0. The molecule has 36 heavy (non-hydrogen) atoms. The number of hydrogen-bond donors (Lipinski definition) is 1. The molecule has 190 valence electrons. The minimum Gasteiger partial charge on any atom is -0.233 e. The summed E-state index contributed by atoms with van der Waals surface area (Å²) in [6.07, 6.45) is 1.79. The molecule has 4 aromatic rings. The van der Waals surface area contributed by atoms with Crippen molar-refractivity contribution in [3.05, 3.63) is 90.4 Å². The number of nitrogens with one attached hydrogen (secondary N) is 1. The van der Waals surface area contributed by atoms with Crippen molar-refractivity contribution in [1.29, 1.82) is 0 Å². The van der Waals surface area contributed by atoms with Crippen molar-refractivity contribution >= 4 is 40.8 Å². The molecule has 1 aromatic heterocycles. The molecule has 0 aliphatic rings. The summed E-state index contributed by atoms with van der Waals surface area (Å²) >= 11 is 1.63. The summed E-state index contributed by atoms with van der Waals surface area (Å²) in [5, 5.41) is 5.34. The van der Waals surface area contributed by atoms with E-state index in [0.717, 1.165) is 33.1 Å². The maximum atomic E-state index is 13.3. The van der Waals surface area contributed by atoms with Crippen LogP contribution in [0.4, 0.5) is 4.39 Å². The van der Waals surface area contributed by atoms with E-state index in [9.17, 15) is 12.8 Å². The number of nitrogens with zero attached hydrogens (tertiary/aromatic N) is 2. The van der Waals surface area contributed by atoms with Gasteiger partial charge in [0, 0.05) is 24.4 Å². The molecule has 1 heterocycles. The van der Waals surface area contributed by atoms with Crippen molar-refractivity contribution in [2.45, 2.75) is 48.8 Å². The zero-order valence-electron chi connectivity index (χ0n) is 21.0. The Labute approximate surface area is 218 Å². The van der Waals surface area contributed by atoms with Crippen molar-refractivity contribution in [2.24, 2.45) is 0 Å². The van der Waals surface area contributed by atoms with Crippen molar-refractivity contribution in [3.8, 4) is 5.69 Å². The summed E-state index contributed by atoms with van der Waals surface area (Å²) in [6.45, 7) is 8.48. The van der Waals surface area contributed by atoms with Crippen LogP contribution in [0.15, 0.2) is 83.9 Å². The lowest BCUT2D eigenvalue weighted by molar-refractivity contribution is 0.558. The summed E-state index contributed by atoms with van der Waals surface area (Å²) in [5.41, 5.74) is 2.77. The Kier molecular flexibility index (Phi) is 8.04. The molecule has 0 aliphatic carbocycles. The SMILES string of the molecule is C[C@H](NS(=O)(=O)CC[Si](C)(C)C)[C@H](Sc1ccc2c(cnn2-c2ccc(F)cc2)c1)c1ccccc1. The molecular weight excluding hydrogens is 510 g/mol. The Balaban J connectivity index is 1.58. The highest BCUT2D eigenvalue weighted by atomic mass is 32.2. The minimum atomic E-state index is -3.39. The average molecular weight is 542 g/mol. The van der Waals surface area contributed by atoms with E-state index in [-0.39, 0.29) is 22.9 Å². The molecule has 0 saturated heterocycles. The number of benzene rings is 3. The molecule has 4 rings (SSSR count). The van der Waals surface area contributed by atoms with Gasteiger partial charge < -0.3 is 0 Å². The second kappa shape index (κ2) is 10.9. The van der Waals surface area contributed by atoms with Crippen LogP contribution in [0.3, 0.4) is 0 Å². The van der Waals surface area contributed by atoms with E-state index in [1.165, 1.54) is 12.1 Å². The molecule has 9 heteroatoms. The van der Waals surface area contributed by atoms with Crippen molar-refractivity contribution in [1.82, 2.24) is 14.5 Å². The standard InChI is InChI=1S/C27H32FN3O2S2Si/c1-20(30-35(32,33)16-17-36(2,3)4)27(21-8-6-5-7-9-21)34-25-14-15-26-22(18-25)19-29-31(26)24-12-10-23(28)11-13-24/h5-15,18-20,27,30H,16-17H2,1-4H3/t20-,27-/m0/s1. The zero-order chi connectivity index (χ0) is 25.9. The van der Waals surface area contributed by atoms with Gasteiger partial charge in [0.1, 0.15) is 5.82 Å². The van der Waals surface area contributed by atoms with Crippen LogP contribution in [0.1, 0.15) is 17.7 Å². The number of sulfonamides is 1. The number of thioether (sulfide) groups is 1. The summed E-state index contributed by atoms with van der Waals surface area (Å²) in [5.74, 6) is -0.126. The summed E-state index contributed by atoms with van der Waals surface area (Å²) in [4.78, 5) is 1.02. The molecule has 0 unspecified atom stereocenters. The first-order valence-corrected chi connectivity index (χ1v) is 18.2. The lowest BCUT2D eigenvalue weighted by Crippen LogP contribution is -2.39. The highest BCUT2D eigenvalue weighted by molar-refractivity contribution is 7.99. The smallest absolute Gasteiger partial charge is 0.211 e. The quantitative estimate of drug-likeness (QED) is 0.180.